The highest BCUT2D eigenvalue weighted by Gasteiger charge is 2.34. The molecular weight excluding hydrogens is 490 g/mol. The van der Waals surface area contributed by atoms with Gasteiger partial charge in [-0.05, 0) is 66.5 Å². The Kier molecular flexibility index (Phi) is 8.66. The Bertz CT molecular complexity index is 1330. The van der Waals surface area contributed by atoms with Gasteiger partial charge >= 0.3 is 6.03 Å². The normalized spacial score (nSPS) is 16.9. The maximum Gasteiger partial charge on any atom is 0.314 e. The minimum absolute atomic E-state index is 0.124. The summed E-state index contributed by atoms with van der Waals surface area (Å²) in [5.74, 6) is -0.605. The van der Waals surface area contributed by atoms with Gasteiger partial charge in [0, 0.05) is 31.2 Å². The first-order valence-corrected chi connectivity index (χ1v) is 13.2. The van der Waals surface area contributed by atoms with E-state index >= 15 is 0 Å². The largest absolute Gasteiger partial charge is 0.344 e. The lowest BCUT2D eigenvalue weighted by atomic mass is 9.86. The third-order valence-corrected chi connectivity index (χ3v) is 6.89. The number of carbonyl (C=O) groups excluding carboxylic acids is 3. The lowest BCUT2D eigenvalue weighted by Crippen LogP contribution is -2.50. The Morgan fingerprint density at radius 3 is 2.41 bits per heavy atom. The van der Waals surface area contributed by atoms with Crippen molar-refractivity contribution >= 4 is 23.5 Å². The number of hydrogen-bond donors (Lipinski definition) is 5. The van der Waals surface area contributed by atoms with E-state index in [-0.39, 0.29) is 30.2 Å². The maximum atomic E-state index is 13.3. The van der Waals surface area contributed by atoms with Crippen LogP contribution >= 0.6 is 0 Å². The highest BCUT2D eigenvalue weighted by molar-refractivity contribution is 5.98. The molecule has 0 saturated heterocycles. The van der Waals surface area contributed by atoms with Gasteiger partial charge in [0.2, 0.25) is 11.8 Å². The molecule has 39 heavy (non-hydrogen) atoms. The SMILES string of the molecule is CNC(=O)NCc1ccccc1-c1ccc(CC2Cc3ccccc3NC(=O)[C@@H]2NC(=O)CC(C)(C)N)cc1. The van der Waals surface area contributed by atoms with Crippen LogP contribution in [-0.4, -0.2) is 36.5 Å². The van der Waals surface area contributed by atoms with E-state index in [0.717, 1.165) is 33.5 Å². The van der Waals surface area contributed by atoms with Gasteiger partial charge < -0.3 is 27.0 Å². The van der Waals surface area contributed by atoms with Crippen molar-refractivity contribution in [3.05, 3.63) is 89.5 Å². The van der Waals surface area contributed by atoms with Gasteiger partial charge in [0.1, 0.15) is 6.04 Å². The van der Waals surface area contributed by atoms with Crippen molar-refractivity contribution in [2.24, 2.45) is 11.7 Å². The minimum Gasteiger partial charge on any atom is -0.344 e. The van der Waals surface area contributed by atoms with Crippen LogP contribution < -0.4 is 27.0 Å². The Morgan fingerprint density at radius 2 is 1.69 bits per heavy atom. The number of fused-ring (bicyclic) bond motifs is 1. The molecule has 0 saturated carbocycles. The quantitative estimate of drug-likeness (QED) is 0.306. The number of urea groups is 1. The van der Waals surface area contributed by atoms with Crippen LogP contribution in [0, 0.1) is 5.92 Å². The summed E-state index contributed by atoms with van der Waals surface area (Å²) < 4.78 is 0. The van der Waals surface area contributed by atoms with Crippen LogP contribution in [-0.2, 0) is 29.0 Å². The molecule has 1 aliphatic rings. The molecule has 0 radical (unpaired) electrons. The van der Waals surface area contributed by atoms with Crippen molar-refractivity contribution in [1.82, 2.24) is 16.0 Å². The van der Waals surface area contributed by atoms with Crippen molar-refractivity contribution in [2.45, 2.75) is 51.2 Å². The molecule has 3 aromatic carbocycles. The number of anilines is 1. The van der Waals surface area contributed by atoms with E-state index in [9.17, 15) is 14.4 Å². The predicted molar refractivity (Wildman–Crippen MR) is 154 cm³/mol. The van der Waals surface area contributed by atoms with Crippen molar-refractivity contribution in [2.75, 3.05) is 12.4 Å². The van der Waals surface area contributed by atoms with Gasteiger partial charge in [-0.3, -0.25) is 9.59 Å². The molecule has 8 nitrogen and oxygen atoms in total. The first-order chi connectivity index (χ1) is 18.6. The van der Waals surface area contributed by atoms with Gasteiger partial charge in [-0.25, -0.2) is 4.79 Å². The molecule has 204 valence electrons. The number of amides is 4. The zero-order valence-corrected chi connectivity index (χ0v) is 22.7. The molecule has 0 aromatic heterocycles. The molecule has 0 bridgehead atoms. The fourth-order valence-electron chi connectivity index (χ4n) is 5.00. The second-order valence-electron chi connectivity index (χ2n) is 10.8. The standard InChI is InChI=1S/C31H37N5O3/c1-31(2,32)18-27(37)36-28-24(17-22-8-5-7-11-26(22)35-29(28)38)16-20-12-14-21(15-13-20)25-10-6-4-9-23(25)19-34-30(39)33-3/h4-15,24,28H,16-19,32H2,1-3H3,(H,35,38)(H,36,37)(H2,33,34,39)/t24?,28-/m1/s1. The van der Waals surface area contributed by atoms with Crippen molar-refractivity contribution < 1.29 is 14.4 Å². The smallest absolute Gasteiger partial charge is 0.314 e. The number of benzene rings is 3. The molecule has 6 N–H and O–H groups in total. The van der Waals surface area contributed by atoms with Gasteiger partial charge in [0.25, 0.3) is 0 Å². The molecule has 0 fully saturated rings. The van der Waals surface area contributed by atoms with Crippen molar-refractivity contribution in [3.63, 3.8) is 0 Å². The van der Waals surface area contributed by atoms with Crippen LogP contribution in [0.25, 0.3) is 11.1 Å². The molecular formula is C31H37N5O3. The number of nitrogens with two attached hydrogens (primary N) is 1. The van der Waals surface area contributed by atoms with Crippen LogP contribution in [0.1, 0.15) is 37.0 Å². The zero-order chi connectivity index (χ0) is 28.0. The van der Waals surface area contributed by atoms with Crippen LogP contribution in [0.5, 0.6) is 0 Å². The van der Waals surface area contributed by atoms with Crippen LogP contribution in [0.3, 0.4) is 0 Å². The average Bonchev–Trinajstić information content (AvgIpc) is 3.02. The van der Waals surface area contributed by atoms with Crippen LogP contribution in [0.4, 0.5) is 10.5 Å². The summed E-state index contributed by atoms with van der Waals surface area (Å²) in [5.41, 5.74) is 11.4. The molecule has 1 unspecified atom stereocenters. The Morgan fingerprint density at radius 1 is 1.00 bits per heavy atom. The number of rotatable bonds is 8. The number of para-hydroxylation sites is 1. The first-order valence-electron chi connectivity index (χ1n) is 13.2. The van der Waals surface area contributed by atoms with Crippen molar-refractivity contribution in [3.8, 4) is 11.1 Å². The molecule has 0 spiro atoms. The predicted octanol–water partition coefficient (Wildman–Crippen LogP) is 3.75. The molecule has 4 rings (SSSR count). The fourth-order valence-corrected chi connectivity index (χ4v) is 5.00. The van der Waals surface area contributed by atoms with E-state index in [1.807, 2.05) is 48.5 Å². The summed E-state index contributed by atoms with van der Waals surface area (Å²) in [6.07, 6.45) is 1.37. The summed E-state index contributed by atoms with van der Waals surface area (Å²) >= 11 is 0. The summed E-state index contributed by atoms with van der Waals surface area (Å²) in [4.78, 5) is 37.8. The van der Waals surface area contributed by atoms with E-state index in [4.69, 9.17) is 5.73 Å². The van der Waals surface area contributed by atoms with Gasteiger partial charge in [-0.1, -0.05) is 66.7 Å². The molecule has 1 heterocycles. The first kappa shape index (κ1) is 27.9. The lowest BCUT2D eigenvalue weighted by Gasteiger charge is -2.27. The Labute approximate surface area is 229 Å². The number of hydrogen-bond acceptors (Lipinski definition) is 4. The monoisotopic (exact) mass is 527 g/mol. The van der Waals surface area contributed by atoms with E-state index in [1.54, 1.807) is 20.9 Å². The molecule has 1 aliphatic heterocycles. The van der Waals surface area contributed by atoms with E-state index in [1.165, 1.54) is 0 Å². The fraction of sp³-hybridized carbons (Fsp3) is 0.323. The van der Waals surface area contributed by atoms with Crippen LogP contribution in [0.15, 0.2) is 72.8 Å². The molecule has 0 aliphatic carbocycles. The lowest BCUT2D eigenvalue weighted by molar-refractivity contribution is -0.128. The van der Waals surface area contributed by atoms with Crippen LogP contribution in [0.2, 0.25) is 0 Å². The molecule has 3 aromatic rings. The highest BCUT2D eigenvalue weighted by Crippen LogP contribution is 2.29. The van der Waals surface area contributed by atoms with E-state index in [0.29, 0.717) is 19.4 Å². The third kappa shape index (κ3) is 7.45. The minimum atomic E-state index is -0.691. The van der Waals surface area contributed by atoms with Crippen molar-refractivity contribution in [1.29, 1.82) is 0 Å². The zero-order valence-electron chi connectivity index (χ0n) is 22.7. The third-order valence-electron chi connectivity index (χ3n) is 6.89. The number of carbonyl (C=O) groups is 3. The van der Waals surface area contributed by atoms with Gasteiger partial charge in [-0.2, -0.15) is 0 Å². The summed E-state index contributed by atoms with van der Waals surface area (Å²) in [6.45, 7) is 4.00. The second-order valence-corrected chi connectivity index (χ2v) is 10.8. The van der Waals surface area contributed by atoms with Gasteiger partial charge in [0.05, 0.1) is 0 Å². The van der Waals surface area contributed by atoms with E-state index in [2.05, 4.69) is 45.5 Å². The van der Waals surface area contributed by atoms with Gasteiger partial charge in [-0.15, -0.1) is 0 Å². The maximum absolute atomic E-state index is 13.3. The van der Waals surface area contributed by atoms with E-state index < -0.39 is 11.6 Å². The Hall–Kier alpha value is -4.17. The molecule has 2 atom stereocenters. The second kappa shape index (κ2) is 12.1. The highest BCUT2D eigenvalue weighted by atomic mass is 16.2. The number of nitrogens with one attached hydrogen (secondary N) is 4. The summed E-state index contributed by atoms with van der Waals surface area (Å²) in [7, 11) is 1.59. The summed E-state index contributed by atoms with van der Waals surface area (Å²) in [6, 6.07) is 23.0. The molecule has 8 heteroatoms. The topological polar surface area (TPSA) is 125 Å². The molecule has 4 amide bonds. The summed E-state index contributed by atoms with van der Waals surface area (Å²) in [5, 5.41) is 11.4. The average molecular weight is 528 g/mol. The van der Waals surface area contributed by atoms with Gasteiger partial charge in [0.15, 0.2) is 0 Å². The Balaban J connectivity index is 1.56.